The van der Waals surface area contributed by atoms with Gasteiger partial charge in [0, 0.05) is 18.0 Å². The summed E-state index contributed by atoms with van der Waals surface area (Å²) in [4.78, 5) is 15.9. The molecule has 0 saturated heterocycles. The molecule has 0 aliphatic carbocycles. The Morgan fingerprint density at radius 3 is 3.00 bits per heavy atom. The molecule has 2 aromatic rings. The lowest BCUT2D eigenvalue weighted by Crippen LogP contribution is -2.22. The third-order valence-electron chi connectivity index (χ3n) is 2.73. The van der Waals surface area contributed by atoms with Crippen LogP contribution in [-0.2, 0) is 17.8 Å². The van der Waals surface area contributed by atoms with Crippen molar-refractivity contribution >= 4 is 17.2 Å². The zero-order valence-electron chi connectivity index (χ0n) is 10.8. The van der Waals surface area contributed by atoms with E-state index < -0.39 is 0 Å². The van der Waals surface area contributed by atoms with Crippen molar-refractivity contribution in [3.8, 4) is 5.75 Å². The smallest absolute Gasteiger partial charge is 0.220 e. The molecule has 4 nitrogen and oxygen atoms in total. The van der Waals surface area contributed by atoms with E-state index in [0.717, 1.165) is 16.3 Å². The Morgan fingerprint density at radius 1 is 1.42 bits per heavy atom. The Balaban J connectivity index is 1.80. The molecular formula is C14H16N2O2S. The monoisotopic (exact) mass is 276 g/mol. The Kier molecular flexibility index (Phi) is 4.92. The molecule has 0 radical (unpaired) electrons. The number of rotatable bonds is 6. The van der Waals surface area contributed by atoms with Crippen LogP contribution in [-0.4, -0.2) is 18.0 Å². The van der Waals surface area contributed by atoms with Crippen LogP contribution in [0.15, 0.2) is 35.8 Å². The largest absolute Gasteiger partial charge is 0.496 e. The number of carbonyl (C=O) groups excluding carboxylic acids is 1. The molecule has 2 rings (SSSR count). The van der Waals surface area contributed by atoms with Gasteiger partial charge in [-0.15, -0.1) is 11.3 Å². The maximum Gasteiger partial charge on any atom is 0.220 e. The molecule has 1 heterocycles. The molecular weight excluding hydrogens is 260 g/mol. The van der Waals surface area contributed by atoms with Crippen molar-refractivity contribution in [3.63, 3.8) is 0 Å². The first kappa shape index (κ1) is 13.5. The maximum absolute atomic E-state index is 11.7. The highest BCUT2D eigenvalue weighted by atomic mass is 32.1. The number of ether oxygens (including phenoxy) is 1. The van der Waals surface area contributed by atoms with Gasteiger partial charge < -0.3 is 10.1 Å². The quantitative estimate of drug-likeness (QED) is 0.881. The van der Waals surface area contributed by atoms with Crippen LogP contribution in [0.25, 0.3) is 0 Å². The lowest BCUT2D eigenvalue weighted by Gasteiger charge is -2.08. The lowest BCUT2D eigenvalue weighted by molar-refractivity contribution is -0.121. The zero-order chi connectivity index (χ0) is 13.5. The molecule has 0 unspecified atom stereocenters. The molecule has 5 heteroatoms. The predicted octanol–water partition coefficient (Wildman–Crippen LogP) is 2.40. The van der Waals surface area contributed by atoms with Crippen LogP contribution in [0.3, 0.4) is 0 Å². The van der Waals surface area contributed by atoms with Crippen molar-refractivity contribution in [2.75, 3.05) is 7.11 Å². The van der Waals surface area contributed by atoms with Crippen LogP contribution in [0.1, 0.15) is 17.0 Å². The van der Waals surface area contributed by atoms with Gasteiger partial charge in [-0.1, -0.05) is 18.2 Å². The molecule has 0 bridgehead atoms. The van der Waals surface area contributed by atoms with Crippen LogP contribution in [0.5, 0.6) is 5.75 Å². The molecule has 0 saturated carbocycles. The van der Waals surface area contributed by atoms with Crippen LogP contribution >= 0.6 is 11.3 Å². The average Bonchev–Trinajstić information content (AvgIpc) is 2.96. The molecule has 0 atom stereocenters. The number of aromatic nitrogens is 1. The molecule has 1 aromatic heterocycles. The number of benzene rings is 1. The molecule has 0 aliphatic rings. The van der Waals surface area contributed by atoms with Crippen molar-refractivity contribution in [2.45, 2.75) is 19.4 Å². The number of hydrogen-bond donors (Lipinski definition) is 1. The van der Waals surface area contributed by atoms with Gasteiger partial charge in [-0.2, -0.15) is 0 Å². The van der Waals surface area contributed by atoms with Gasteiger partial charge >= 0.3 is 0 Å². The number of hydrogen-bond acceptors (Lipinski definition) is 4. The van der Waals surface area contributed by atoms with E-state index in [4.69, 9.17) is 4.74 Å². The fraction of sp³-hybridized carbons (Fsp3) is 0.286. The minimum absolute atomic E-state index is 0.0288. The van der Waals surface area contributed by atoms with Gasteiger partial charge in [0.15, 0.2) is 0 Å². The third kappa shape index (κ3) is 4.06. The molecule has 1 aromatic carbocycles. The molecule has 1 amide bonds. The van der Waals surface area contributed by atoms with Gasteiger partial charge in [-0.25, -0.2) is 4.98 Å². The van der Waals surface area contributed by atoms with Gasteiger partial charge in [-0.05, 0) is 18.1 Å². The summed E-state index contributed by atoms with van der Waals surface area (Å²) in [6.07, 6.45) is 2.86. The second-order valence-electron chi connectivity index (χ2n) is 4.01. The first-order chi connectivity index (χ1) is 9.29. The molecule has 0 fully saturated rings. The second-order valence-corrected chi connectivity index (χ2v) is 4.99. The van der Waals surface area contributed by atoms with E-state index in [1.54, 1.807) is 13.3 Å². The van der Waals surface area contributed by atoms with Crippen LogP contribution < -0.4 is 10.1 Å². The van der Waals surface area contributed by atoms with Crippen molar-refractivity contribution < 1.29 is 9.53 Å². The number of carbonyl (C=O) groups is 1. The maximum atomic E-state index is 11.7. The summed E-state index contributed by atoms with van der Waals surface area (Å²) in [5, 5.41) is 5.68. The van der Waals surface area contributed by atoms with E-state index in [0.29, 0.717) is 19.4 Å². The standard InChI is InChI=1S/C14H16N2O2S/c1-18-12-5-3-2-4-11(12)6-7-13(17)16-10-14-15-8-9-19-14/h2-5,8-9H,6-7,10H2,1H3,(H,16,17). The number of para-hydroxylation sites is 1. The van der Waals surface area contributed by atoms with E-state index in [9.17, 15) is 4.79 Å². The molecule has 1 N–H and O–H groups in total. The Bertz CT molecular complexity index is 526. The predicted molar refractivity (Wildman–Crippen MR) is 75.3 cm³/mol. The average molecular weight is 276 g/mol. The fourth-order valence-corrected chi connectivity index (χ4v) is 2.32. The van der Waals surface area contributed by atoms with E-state index in [1.165, 1.54) is 11.3 Å². The topological polar surface area (TPSA) is 51.2 Å². The summed E-state index contributed by atoms with van der Waals surface area (Å²) in [6, 6.07) is 7.76. The van der Waals surface area contributed by atoms with Crippen molar-refractivity contribution in [3.05, 3.63) is 46.4 Å². The van der Waals surface area contributed by atoms with Gasteiger partial charge in [0.1, 0.15) is 10.8 Å². The fourth-order valence-electron chi connectivity index (χ4n) is 1.76. The third-order valence-corrected chi connectivity index (χ3v) is 3.51. The number of methoxy groups -OCH3 is 1. The molecule has 19 heavy (non-hydrogen) atoms. The summed E-state index contributed by atoms with van der Waals surface area (Å²) >= 11 is 1.54. The van der Waals surface area contributed by atoms with E-state index in [2.05, 4.69) is 10.3 Å². The number of amides is 1. The van der Waals surface area contributed by atoms with Crippen molar-refractivity contribution in [1.29, 1.82) is 0 Å². The van der Waals surface area contributed by atoms with Gasteiger partial charge in [-0.3, -0.25) is 4.79 Å². The number of aryl methyl sites for hydroxylation is 1. The first-order valence-corrected chi connectivity index (χ1v) is 6.94. The van der Waals surface area contributed by atoms with Gasteiger partial charge in [0.25, 0.3) is 0 Å². The minimum atomic E-state index is 0.0288. The number of nitrogens with one attached hydrogen (secondary N) is 1. The molecule has 0 spiro atoms. The Labute approximate surface area is 116 Å². The van der Waals surface area contributed by atoms with Crippen molar-refractivity contribution in [1.82, 2.24) is 10.3 Å². The Hall–Kier alpha value is -1.88. The van der Waals surface area contributed by atoms with Crippen LogP contribution in [0.2, 0.25) is 0 Å². The summed E-state index contributed by atoms with van der Waals surface area (Å²) in [5.74, 6) is 0.858. The van der Waals surface area contributed by atoms with Gasteiger partial charge in [0.05, 0.1) is 13.7 Å². The van der Waals surface area contributed by atoms with E-state index in [1.807, 2.05) is 29.6 Å². The summed E-state index contributed by atoms with van der Waals surface area (Å²) < 4.78 is 5.26. The van der Waals surface area contributed by atoms with Crippen LogP contribution in [0.4, 0.5) is 0 Å². The van der Waals surface area contributed by atoms with Crippen LogP contribution in [0, 0.1) is 0 Å². The lowest BCUT2D eigenvalue weighted by atomic mass is 10.1. The minimum Gasteiger partial charge on any atom is -0.496 e. The summed E-state index contributed by atoms with van der Waals surface area (Å²) in [7, 11) is 1.64. The highest BCUT2D eigenvalue weighted by Crippen LogP contribution is 2.18. The first-order valence-electron chi connectivity index (χ1n) is 6.06. The summed E-state index contributed by atoms with van der Waals surface area (Å²) in [6.45, 7) is 0.502. The number of nitrogens with zero attached hydrogens (tertiary/aromatic N) is 1. The number of thiazole rings is 1. The van der Waals surface area contributed by atoms with E-state index >= 15 is 0 Å². The van der Waals surface area contributed by atoms with Crippen molar-refractivity contribution in [2.24, 2.45) is 0 Å². The summed E-state index contributed by atoms with van der Waals surface area (Å²) in [5.41, 5.74) is 1.05. The highest BCUT2D eigenvalue weighted by Gasteiger charge is 2.06. The van der Waals surface area contributed by atoms with E-state index in [-0.39, 0.29) is 5.91 Å². The van der Waals surface area contributed by atoms with Gasteiger partial charge in [0.2, 0.25) is 5.91 Å². The zero-order valence-corrected chi connectivity index (χ0v) is 11.6. The normalized spacial score (nSPS) is 10.2. The second kappa shape index (κ2) is 6.89. The molecule has 100 valence electrons. The molecule has 0 aliphatic heterocycles. The Morgan fingerprint density at radius 2 is 2.26 bits per heavy atom. The highest BCUT2D eigenvalue weighted by molar-refractivity contribution is 7.09. The SMILES string of the molecule is COc1ccccc1CCC(=O)NCc1nccs1.